The van der Waals surface area contributed by atoms with Gasteiger partial charge in [-0.25, -0.2) is 0 Å². The van der Waals surface area contributed by atoms with Gasteiger partial charge in [0.05, 0.1) is 17.1 Å². The van der Waals surface area contributed by atoms with Crippen molar-refractivity contribution in [3.63, 3.8) is 0 Å². The van der Waals surface area contributed by atoms with E-state index in [1.54, 1.807) is 0 Å². The van der Waals surface area contributed by atoms with Crippen molar-refractivity contribution in [2.75, 3.05) is 14.7 Å². The van der Waals surface area contributed by atoms with Crippen molar-refractivity contribution in [3.8, 4) is 22.3 Å². The number of hydrogen-bond acceptors (Lipinski definition) is 5. The Morgan fingerprint density at radius 1 is 0.506 bits per heavy atom. The number of fused-ring (bicyclic) bond motifs is 10. The molecule has 0 spiro atoms. The van der Waals surface area contributed by atoms with E-state index in [1.165, 1.54) is 98.6 Å². The van der Waals surface area contributed by atoms with Crippen LogP contribution in [-0.4, -0.2) is 6.71 Å². The highest BCUT2D eigenvalue weighted by Crippen LogP contribution is 2.57. The number of aryl methyl sites for hydroxylation is 1. The predicted molar refractivity (Wildman–Crippen MR) is 366 cm³/mol. The quantitative estimate of drug-likeness (QED) is 0.148. The summed E-state index contributed by atoms with van der Waals surface area (Å²) in [5, 5.41) is 3.51. The fourth-order valence-electron chi connectivity index (χ4n) is 14.5. The lowest BCUT2D eigenvalue weighted by atomic mass is 9.36. The van der Waals surface area contributed by atoms with Crippen LogP contribution >= 0.6 is 11.3 Å². The number of thiophene rings is 1. The van der Waals surface area contributed by atoms with Crippen LogP contribution in [0.3, 0.4) is 0 Å². The standard InChI is InChI=1S/C79H72BN3OS/c1-49-44-66-73-67(45-49)83(64-39-37-61-72(71(64)51-24-16-13-17-25-51)79(10,11)43-42-78(61,8)9)74-60-46-53(77(5,6)7)32-41-70(60)85-75(74)80(73)62-38-35-56(48-65(62)82(66)55-36-40-69-59(47-55)58-27-19-21-29-68(58)84-69)81(54-33-30-52(31-34-54)76(2,3)4)63-28-20-18-26-57(63)50-22-14-12-15-23-50/h12-41,44-48H,42-43H2,1-11H3. The van der Waals surface area contributed by atoms with Crippen LogP contribution in [0.1, 0.15) is 110 Å². The first-order chi connectivity index (χ1) is 40.8. The maximum Gasteiger partial charge on any atom is 0.264 e. The highest BCUT2D eigenvalue weighted by molar-refractivity contribution is 7.33. The van der Waals surface area contributed by atoms with Gasteiger partial charge in [-0.15, -0.1) is 11.3 Å². The molecule has 0 radical (unpaired) electrons. The summed E-state index contributed by atoms with van der Waals surface area (Å²) in [4.78, 5) is 7.82. The van der Waals surface area contributed by atoms with E-state index in [9.17, 15) is 0 Å². The van der Waals surface area contributed by atoms with Crippen LogP contribution in [0.4, 0.5) is 51.2 Å². The van der Waals surface area contributed by atoms with E-state index in [2.05, 4.69) is 303 Å². The molecule has 0 saturated carbocycles. The number of benzene rings is 10. The Kier molecular flexibility index (Phi) is 12.0. The normalized spacial score (nSPS) is 15.0. The van der Waals surface area contributed by atoms with Crippen molar-refractivity contribution in [2.24, 2.45) is 0 Å². The van der Waals surface area contributed by atoms with Crippen LogP contribution in [0, 0.1) is 6.92 Å². The van der Waals surface area contributed by atoms with Gasteiger partial charge in [0.1, 0.15) is 11.2 Å². The molecule has 15 rings (SSSR count). The number of para-hydroxylation sites is 2. The van der Waals surface area contributed by atoms with Gasteiger partial charge in [0.2, 0.25) is 0 Å². The highest BCUT2D eigenvalue weighted by atomic mass is 32.1. The third-order valence-electron chi connectivity index (χ3n) is 19.0. The zero-order valence-electron chi connectivity index (χ0n) is 50.9. The molecule has 85 heavy (non-hydrogen) atoms. The molecule has 2 aliphatic heterocycles. The molecule has 0 fully saturated rings. The third-order valence-corrected chi connectivity index (χ3v) is 20.2. The maximum absolute atomic E-state index is 6.59. The van der Waals surface area contributed by atoms with Crippen molar-refractivity contribution < 1.29 is 4.42 Å². The van der Waals surface area contributed by atoms with Crippen molar-refractivity contribution >= 4 is 117 Å². The zero-order valence-corrected chi connectivity index (χ0v) is 51.7. The Morgan fingerprint density at radius 3 is 1.88 bits per heavy atom. The van der Waals surface area contributed by atoms with Gasteiger partial charge < -0.3 is 19.1 Å². The fraction of sp³-hybridized carbons (Fsp3) is 0.215. The van der Waals surface area contributed by atoms with E-state index >= 15 is 0 Å². The second-order valence-electron chi connectivity index (χ2n) is 27.6. The Hall–Kier alpha value is -8.58. The molecule has 0 N–H and O–H groups in total. The van der Waals surface area contributed by atoms with Crippen LogP contribution in [0.5, 0.6) is 0 Å². The Balaban J connectivity index is 1.05. The van der Waals surface area contributed by atoms with E-state index in [1.807, 2.05) is 11.3 Å². The van der Waals surface area contributed by atoms with Crippen molar-refractivity contribution in [1.82, 2.24) is 0 Å². The third kappa shape index (κ3) is 8.52. The van der Waals surface area contributed by atoms with Gasteiger partial charge in [-0.05, 0) is 176 Å². The smallest absolute Gasteiger partial charge is 0.264 e. The lowest BCUT2D eigenvalue weighted by molar-refractivity contribution is 0.333. The van der Waals surface area contributed by atoms with Gasteiger partial charge in [-0.2, -0.15) is 0 Å². The molecule has 10 aromatic carbocycles. The summed E-state index contributed by atoms with van der Waals surface area (Å²) in [6, 6.07) is 80.4. The van der Waals surface area contributed by atoms with Gasteiger partial charge in [-0.1, -0.05) is 197 Å². The van der Waals surface area contributed by atoms with Crippen molar-refractivity contribution in [2.45, 2.75) is 111 Å². The minimum absolute atomic E-state index is 0.00468. The Bertz CT molecular complexity index is 4650. The SMILES string of the molecule is Cc1cc2c3c(c1)N(c1ccc4c(c1-c1ccccc1)C(C)(C)CCC4(C)C)c1c(sc4ccc(C(C)(C)C)cc14)B3c1ccc(N(c3ccc(C(C)(C)C)cc3)c3ccccc3-c3ccccc3)cc1N2c1ccc2oc3ccccc3c2c1. The van der Waals surface area contributed by atoms with Crippen molar-refractivity contribution in [1.29, 1.82) is 0 Å². The van der Waals surface area contributed by atoms with Crippen LogP contribution < -0.4 is 30.4 Å². The van der Waals surface area contributed by atoms with Gasteiger partial charge in [0.15, 0.2) is 0 Å². The van der Waals surface area contributed by atoms with Crippen molar-refractivity contribution in [3.05, 3.63) is 240 Å². The maximum atomic E-state index is 6.59. The molecule has 3 aliphatic rings. The summed E-state index contributed by atoms with van der Waals surface area (Å²) in [5.74, 6) is 0. The minimum Gasteiger partial charge on any atom is -0.456 e. The number of anilines is 9. The van der Waals surface area contributed by atoms with Gasteiger partial charge in [0, 0.05) is 70.9 Å². The Morgan fingerprint density at radius 2 is 1.14 bits per heavy atom. The number of rotatable bonds is 7. The van der Waals surface area contributed by atoms with Gasteiger partial charge >= 0.3 is 0 Å². The molecule has 1 aliphatic carbocycles. The van der Waals surface area contributed by atoms with Gasteiger partial charge in [-0.3, -0.25) is 0 Å². The fourth-order valence-corrected chi connectivity index (χ4v) is 15.8. The molecule has 4 heterocycles. The second-order valence-corrected chi connectivity index (χ2v) is 28.7. The molecule has 0 unspecified atom stereocenters. The lowest BCUT2D eigenvalue weighted by Crippen LogP contribution is -2.60. The molecule has 4 nitrogen and oxygen atoms in total. The molecule has 0 bridgehead atoms. The number of furan rings is 1. The number of hydrogen-bond donors (Lipinski definition) is 0. The zero-order chi connectivity index (χ0) is 58.5. The molecule has 12 aromatic rings. The van der Waals surface area contributed by atoms with E-state index in [-0.39, 0.29) is 28.4 Å². The minimum atomic E-state index is -0.0876. The summed E-state index contributed by atoms with van der Waals surface area (Å²) in [6.07, 6.45) is 2.26. The average Bonchev–Trinajstić information content (AvgIpc) is 3.68. The first-order valence-corrected chi connectivity index (χ1v) is 31.3. The van der Waals surface area contributed by atoms with Crippen LogP contribution in [0.15, 0.2) is 217 Å². The van der Waals surface area contributed by atoms with E-state index in [0.29, 0.717) is 0 Å². The molecule has 2 aromatic heterocycles. The Labute approximate surface area is 506 Å². The topological polar surface area (TPSA) is 22.9 Å². The molecule has 418 valence electrons. The summed E-state index contributed by atoms with van der Waals surface area (Å²) >= 11 is 1.98. The van der Waals surface area contributed by atoms with Gasteiger partial charge in [0.25, 0.3) is 6.71 Å². The molecular weight excluding hydrogens is 1050 g/mol. The van der Waals surface area contributed by atoms with Crippen LogP contribution in [-0.2, 0) is 21.7 Å². The molecular formula is C79H72BN3OS. The molecule has 0 atom stereocenters. The first kappa shape index (κ1) is 53.2. The summed E-state index contributed by atoms with van der Waals surface area (Å²) in [7, 11) is 0. The average molecular weight is 1120 g/mol. The second kappa shape index (κ2) is 19.2. The predicted octanol–water partition coefficient (Wildman–Crippen LogP) is 20.9. The summed E-state index contributed by atoms with van der Waals surface area (Å²) in [5.41, 5.74) is 26.4. The highest BCUT2D eigenvalue weighted by Gasteiger charge is 2.48. The molecule has 0 saturated heterocycles. The van der Waals surface area contributed by atoms with Crippen LogP contribution in [0.25, 0.3) is 54.3 Å². The number of nitrogens with zero attached hydrogens (tertiary/aromatic N) is 3. The van der Waals surface area contributed by atoms with Crippen LogP contribution in [0.2, 0.25) is 0 Å². The largest absolute Gasteiger partial charge is 0.456 e. The van der Waals surface area contributed by atoms with E-state index in [4.69, 9.17) is 4.42 Å². The lowest BCUT2D eigenvalue weighted by Gasteiger charge is -2.46. The molecule has 0 amide bonds. The molecule has 6 heteroatoms. The van der Waals surface area contributed by atoms with E-state index in [0.717, 1.165) is 63.2 Å². The summed E-state index contributed by atoms with van der Waals surface area (Å²) in [6.45, 7) is 26.1. The monoisotopic (exact) mass is 1120 g/mol. The van der Waals surface area contributed by atoms with E-state index < -0.39 is 0 Å². The first-order valence-electron chi connectivity index (χ1n) is 30.5. The summed E-state index contributed by atoms with van der Waals surface area (Å²) < 4.78 is 9.25.